The van der Waals surface area contributed by atoms with Gasteiger partial charge in [-0.2, -0.15) is 0 Å². The fourth-order valence-corrected chi connectivity index (χ4v) is 4.06. The van der Waals surface area contributed by atoms with Crippen LogP contribution in [0.4, 0.5) is 5.69 Å². The molecular weight excluding hydrogens is 326 g/mol. The van der Waals surface area contributed by atoms with Gasteiger partial charge in [0.1, 0.15) is 5.92 Å². The van der Waals surface area contributed by atoms with Crippen molar-refractivity contribution in [3.05, 3.63) is 24.3 Å². The van der Waals surface area contributed by atoms with E-state index < -0.39 is 27.3 Å². The second-order valence-corrected chi connectivity index (χ2v) is 7.37. The molecule has 2 atom stereocenters. The maximum absolute atomic E-state index is 12.5. The van der Waals surface area contributed by atoms with Crippen molar-refractivity contribution in [1.82, 2.24) is 10.9 Å². The van der Waals surface area contributed by atoms with Crippen molar-refractivity contribution in [2.45, 2.75) is 17.2 Å². The van der Waals surface area contributed by atoms with Gasteiger partial charge in [-0.05, 0) is 31.4 Å². The molecule has 0 radical (unpaired) electrons. The number of hydrogen-bond donors (Lipinski definition) is 3. The van der Waals surface area contributed by atoms with Crippen molar-refractivity contribution < 1.29 is 17.9 Å². The lowest BCUT2D eigenvalue weighted by molar-refractivity contribution is -0.147. The Balaban J connectivity index is 2.16. The molecule has 0 spiro atoms. The maximum atomic E-state index is 12.5. The molecule has 1 saturated heterocycles. The van der Waals surface area contributed by atoms with E-state index in [1.54, 1.807) is 25.1 Å². The van der Waals surface area contributed by atoms with Crippen molar-refractivity contribution in [3.8, 4) is 0 Å². The Labute approximate surface area is 134 Å². The van der Waals surface area contributed by atoms with E-state index in [0.29, 0.717) is 5.69 Å². The van der Waals surface area contributed by atoms with Crippen molar-refractivity contribution >= 4 is 33.4 Å². The lowest BCUT2D eigenvalue weighted by Crippen LogP contribution is -2.44. The zero-order chi connectivity index (χ0) is 16.2. The van der Waals surface area contributed by atoms with Crippen LogP contribution in [0.3, 0.4) is 0 Å². The highest BCUT2D eigenvalue weighted by Gasteiger charge is 2.42. The Morgan fingerprint density at radius 3 is 2.95 bits per heavy atom. The molecule has 1 aliphatic rings. The van der Waals surface area contributed by atoms with E-state index in [2.05, 4.69) is 15.6 Å². The van der Waals surface area contributed by atoms with Crippen LogP contribution in [0.1, 0.15) is 6.92 Å². The van der Waals surface area contributed by atoms with Gasteiger partial charge in [-0.25, -0.2) is 13.8 Å². The highest BCUT2D eigenvalue weighted by molar-refractivity contribution is 7.98. The minimum atomic E-state index is -3.78. The van der Waals surface area contributed by atoms with Crippen molar-refractivity contribution in [3.63, 3.8) is 0 Å². The number of hydrazine groups is 1. The molecule has 0 aliphatic carbocycles. The SMILES string of the molecule is CCOC(=O)C1CNNC1S(=O)(=O)Nc1cccc(SC)c1. The molecule has 0 amide bonds. The van der Waals surface area contributed by atoms with E-state index >= 15 is 0 Å². The number of carbonyl (C=O) groups is 1. The number of rotatable bonds is 6. The molecule has 0 saturated carbocycles. The Kier molecular flexibility index (Phi) is 5.68. The van der Waals surface area contributed by atoms with Gasteiger partial charge in [0.15, 0.2) is 5.37 Å². The second kappa shape index (κ2) is 7.32. The first kappa shape index (κ1) is 17.1. The van der Waals surface area contributed by atoms with Gasteiger partial charge in [-0.1, -0.05) is 6.07 Å². The first-order valence-corrected chi connectivity index (χ1v) is 9.55. The average Bonchev–Trinajstić information content (AvgIpc) is 2.97. The number of carbonyl (C=O) groups excluding carboxylic acids is 1. The number of benzene rings is 1. The van der Waals surface area contributed by atoms with E-state index in [1.807, 2.05) is 12.3 Å². The molecule has 0 aromatic heterocycles. The molecule has 1 aliphatic heterocycles. The number of ether oxygens (including phenoxy) is 1. The molecule has 1 heterocycles. The van der Waals surface area contributed by atoms with Crippen LogP contribution in [0.5, 0.6) is 0 Å². The third-order valence-electron chi connectivity index (χ3n) is 3.19. The zero-order valence-electron chi connectivity index (χ0n) is 12.3. The summed E-state index contributed by atoms with van der Waals surface area (Å²) in [7, 11) is -3.78. The normalized spacial score (nSPS) is 21.5. The smallest absolute Gasteiger partial charge is 0.313 e. The van der Waals surface area contributed by atoms with Crippen LogP contribution in [0.15, 0.2) is 29.2 Å². The summed E-state index contributed by atoms with van der Waals surface area (Å²) in [6.07, 6.45) is 1.91. The van der Waals surface area contributed by atoms with Crippen molar-refractivity contribution in [2.75, 3.05) is 24.1 Å². The van der Waals surface area contributed by atoms with Gasteiger partial charge in [0.2, 0.25) is 0 Å². The van der Waals surface area contributed by atoms with Gasteiger partial charge in [0.25, 0.3) is 10.0 Å². The van der Waals surface area contributed by atoms with Gasteiger partial charge >= 0.3 is 5.97 Å². The molecule has 22 heavy (non-hydrogen) atoms. The van der Waals surface area contributed by atoms with E-state index in [0.717, 1.165) is 4.90 Å². The number of hydrogen-bond acceptors (Lipinski definition) is 7. The zero-order valence-corrected chi connectivity index (χ0v) is 14.0. The summed E-state index contributed by atoms with van der Waals surface area (Å²) in [6, 6.07) is 7.06. The minimum absolute atomic E-state index is 0.204. The molecule has 2 rings (SSSR count). The summed E-state index contributed by atoms with van der Waals surface area (Å²) in [4.78, 5) is 12.8. The summed E-state index contributed by atoms with van der Waals surface area (Å²) in [5.74, 6) is -1.32. The third kappa shape index (κ3) is 3.92. The lowest BCUT2D eigenvalue weighted by atomic mass is 10.2. The molecule has 1 fully saturated rings. The number of thioether (sulfide) groups is 1. The Morgan fingerprint density at radius 2 is 2.27 bits per heavy atom. The highest BCUT2D eigenvalue weighted by Crippen LogP contribution is 2.22. The van der Waals surface area contributed by atoms with Crippen LogP contribution in [0.2, 0.25) is 0 Å². The van der Waals surface area contributed by atoms with Crippen molar-refractivity contribution in [1.29, 1.82) is 0 Å². The largest absolute Gasteiger partial charge is 0.466 e. The molecule has 2 unspecified atom stereocenters. The second-order valence-electron chi connectivity index (χ2n) is 4.68. The number of sulfonamides is 1. The molecule has 9 heteroatoms. The number of nitrogens with one attached hydrogen (secondary N) is 3. The van der Waals surface area contributed by atoms with Crippen LogP contribution in [-0.4, -0.2) is 39.2 Å². The summed E-state index contributed by atoms with van der Waals surface area (Å²) < 4.78 is 32.4. The molecule has 3 N–H and O–H groups in total. The van der Waals surface area contributed by atoms with E-state index in [1.165, 1.54) is 11.8 Å². The van der Waals surface area contributed by atoms with E-state index in [4.69, 9.17) is 4.74 Å². The average molecular weight is 345 g/mol. The molecule has 7 nitrogen and oxygen atoms in total. The van der Waals surface area contributed by atoms with Gasteiger partial charge in [0.05, 0.1) is 6.61 Å². The summed E-state index contributed by atoms with van der Waals surface area (Å²) >= 11 is 1.52. The molecule has 0 bridgehead atoms. The first-order valence-electron chi connectivity index (χ1n) is 6.78. The standard InChI is InChI=1S/C13H19N3O4S2/c1-3-20-13(17)11-8-14-15-12(11)22(18,19)16-9-5-4-6-10(7-9)21-2/h4-7,11-12,14-16H,3,8H2,1-2H3. The van der Waals surface area contributed by atoms with Crippen LogP contribution in [0, 0.1) is 5.92 Å². The summed E-state index contributed by atoms with van der Waals surface area (Å²) in [5, 5.41) is -1.08. The first-order chi connectivity index (χ1) is 10.5. The predicted molar refractivity (Wildman–Crippen MR) is 85.8 cm³/mol. The monoisotopic (exact) mass is 345 g/mol. The molecule has 1 aromatic rings. The maximum Gasteiger partial charge on any atom is 0.313 e. The van der Waals surface area contributed by atoms with Gasteiger partial charge in [-0.15, -0.1) is 11.8 Å². The third-order valence-corrected chi connectivity index (χ3v) is 5.55. The van der Waals surface area contributed by atoms with Gasteiger partial charge < -0.3 is 4.74 Å². The van der Waals surface area contributed by atoms with Crippen LogP contribution in [-0.2, 0) is 19.6 Å². The molecule has 122 valence electrons. The summed E-state index contributed by atoms with van der Waals surface area (Å²) in [5.41, 5.74) is 5.79. The van der Waals surface area contributed by atoms with Crippen LogP contribution < -0.4 is 15.6 Å². The summed E-state index contributed by atoms with van der Waals surface area (Å²) in [6.45, 7) is 2.10. The number of anilines is 1. The Bertz CT molecular complexity index is 636. The molecular formula is C13H19N3O4S2. The highest BCUT2D eigenvalue weighted by atomic mass is 32.2. The number of esters is 1. The lowest BCUT2D eigenvalue weighted by Gasteiger charge is -2.18. The topological polar surface area (TPSA) is 96.5 Å². The molecule has 1 aromatic carbocycles. The van der Waals surface area contributed by atoms with Gasteiger partial charge in [-0.3, -0.25) is 14.9 Å². The van der Waals surface area contributed by atoms with Crippen molar-refractivity contribution in [2.24, 2.45) is 5.92 Å². The quantitative estimate of drug-likeness (QED) is 0.517. The van der Waals surface area contributed by atoms with E-state index in [9.17, 15) is 13.2 Å². The van der Waals surface area contributed by atoms with E-state index in [-0.39, 0.29) is 13.2 Å². The predicted octanol–water partition coefficient (Wildman–Crippen LogP) is 0.763. The van der Waals surface area contributed by atoms with Crippen LogP contribution in [0.25, 0.3) is 0 Å². The Hall–Kier alpha value is -1.29. The minimum Gasteiger partial charge on any atom is -0.466 e. The van der Waals surface area contributed by atoms with Gasteiger partial charge in [0, 0.05) is 17.1 Å². The Morgan fingerprint density at radius 1 is 1.50 bits per heavy atom. The fraction of sp³-hybridized carbons (Fsp3) is 0.462. The van der Waals surface area contributed by atoms with Crippen LogP contribution >= 0.6 is 11.8 Å². The fourth-order valence-electron chi connectivity index (χ4n) is 2.14.